The quantitative estimate of drug-likeness (QED) is 0.414. The molecular formula is C25H26ClN5O2. The molecule has 0 atom stereocenters. The fourth-order valence-electron chi connectivity index (χ4n) is 3.95. The van der Waals surface area contributed by atoms with Gasteiger partial charge in [0.2, 0.25) is 0 Å². The largest absolute Gasteiger partial charge is 0.478 e. The Morgan fingerprint density at radius 1 is 1.15 bits per heavy atom. The minimum Gasteiger partial charge on any atom is -0.478 e. The summed E-state index contributed by atoms with van der Waals surface area (Å²) in [6.07, 6.45) is 4.38. The van der Waals surface area contributed by atoms with Crippen molar-refractivity contribution in [1.82, 2.24) is 19.7 Å². The van der Waals surface area contributed by atoms with Crippen LogP contribution in [0.4, 0.5) is 5.82 Å². The molecule has 0 aliphatic carbocycles. The van der Waals surface area contributed by atoms with Crippen molar-refractivity contribution in [3.8, 4) is 5.95 Å². The minimum atomic E-state index is -1.05. The first-order chi connectivity index (χ1) is 15.8. The lowest BCUT2D eigenvalue weighted by atomic mass is 9.96. The molecule has 2 aromatic heterocycles. The van der Waals surface area contributed by atoms with Gasteiger partial charge in [-0.3, -0.25) is 0 Å². The number of fused-ring (bicyclic) bond motifs is 1. The molecule has 4 aromatic rings. The Balaban J connectivity index is 1.77. The predicted octanol–water partition coefficient (Wildman–Crippen LogP) is 5.03. The molecule has 0 fully saturated rings. The number of rotatable bonds is 7. The summed E-state index contributed by atoms with van der Waals surface area (Å²) >= 11 is 6.68. The van der Waals surface area contributed by atoms with Gasteiger partial charge >= 0.3 is 5.97 Å². The van der Waals surface area contributed by atoms with Gasteiger partial charge in [0.15, 0.2) is 0 Å². The Kier molecular flexibility index (Phi) is 6.33. The monoisotopic (exact) mass is 463 g/mol. The number of anilines is 1. The van der Waals surface area contributed by atoms with E-state index in [1.165, 1.54) is 33.8 Å². The average molecular weight is 464 g/mol. The minimum absolute atomic E-state index is 0.0731. The summed E-state index contributed by atoms with van der Waals surface area (Å²) in [5, 5.41) is 14.9. The molecule has 0 spiro atoms. The van der Waals surface area contributed by atoms with Gasteiger partial charge < -0.3 is 10.0 Å². The maximum Gasteiger partial charge on any atom is 0.338 e. The number of benzene rings is 2. The van der Waals surface area contributed by atoms with E-state index in [0.29, 0.717) is 16.5 Å². The lowest BCUT2D eigenvalue weighted by molar-refractivity contribution is 0.0697. The van der Waals surface area contributed by atoms with Crippen molar-refractivity contribution in [2.45, 2.75) is 33.6 Å². The molecule has 7 nitrogen and oxygen atoms in total. The average Bonchev–Trinajstić information content (AvgIpc) is 3.28. The summed E-state index contributed by atoms with van der Waals surface area (Å²) in [7, 11) is 1.96. The van der Waals surface area contributed by atoms with Gasteiger partial charge in [-0.15, -0.1) is 0 Å². The number of hydrogen-bond donors (Lipinski definition) is 1. The third-order valence-electron chi connectivity index (χ3n) is 5.99. The van der Waals surface area contributed by atoms with Crippen molar-refractivity contribution in [2.24, 2.45) is 0 Å². The molecule has 33 heavy (non-hydrogen) atoms. The van der Waals surface area contributed by atoms with Crippen LogP contribution in [0, 0.1) is 13.8 Å². The predicted molar refractivity (Wildman–Crippen MR) is 131 cm³/mol. The van der Waals surface area contributed by atoms with Gasteiger partial charge in [0.05, 0.1) is 17.3 Å². The van der Waals surface area contributed by atoms with E-state index in [2.05, 4.69) is 48.2 Å². The van der Waals surface area contributed by atoms with Gasteiger partial charge in [-0.05, 0) is 68.0 Å². The normalized spacial score (nSPS) is 11.2. The maximum absolute atomic E-state index is 11.2. The molecule has 0 amide bonds. The molecule has 2 heterocycles. The van der Waals surface area contributed by atoms with Crippen LogP contribution in [0.2, 0.25) is 5.02 Å². The molecule has 0 unspecified atom stereocenters. The highest BCUT2D eigenvalue weighted by Gasteiger charge is 2.17. The number of halogens is 1. The van der Waals surface area contributed by atoms with Gasteiger partial charge in [0.1, 0.15) is 5.82 Å². The molecule has 0 saturated heterocycles. The summed E-state index contributed by atoms with van der Waals surface area (Å²) in [6, 6.07) is 10.3. The van der Waals surface area contributed by atoms with E-state index >= 15 is 0 Å². The molecular weight excluding hydrogens is 438 g/mol. The highest BCUT2D eigenvalue weighted by molar-refractivity contribution is 6.32. The summed E-state index contributed by atoms with van der Waals surface area (Å²) in [4.78, 5) is 22.6. The molecule has 0 saturated carbocycles. The first kappa shape index (κ1) is 22.7. The summed E-state index contributed by atoms with van der Waals surface area (Å²) < 4.78 is 1.37. The molecule has 8 heteroatoms. The molecule has 2 aromatic carbocycles. The van der Waals surface area contributed by atoms with Crippen molar-refractivity contribution in [2.75, 3.05) is 18.5 Å². The fraction of sp³-hybridized carbons (Fsp3) is 0.280. The number of aromatic carboxylic acids is 1. The second-order valence-electron chi connectivity index (χ2n) is 8.17. The number of carboxylic acids is 1. The number of carboxylic acid groups (broad SMARTS) is 1. The summed E-state index contributed by atoms with van der Waals surface area (Å²) in [6.45, 7) is 7.06. The first-order valence-electron chi connectivity index (χ1n) is 10.8. The molecule has 0 radical (unpaired) electrons. The SMILES string of the molecule is CCN(C)c1nc(-n2cc(C(=O)O)cn2)nc2cc(Cl)c(CCc3c(C)cccc3C)cc12. The van der Waals surface area contributed by atoms with Crippen molar-refractivity contribution in [3.63, 3.8) is 0 Å². The lowest BCUT2D eigenvalue weighted by Gasteiger charge is -2.19. The molecule has 170 valence electrons. The standard InChI is InChI=1S/C25H26ClN5O2/c1-5-30(4)23-20-11-17(9-10-19-15(2)7-6-8-16(19)3)21(26)12-22(20)28-25(29-23)31-14-18(13-27-31)24(32)33/h6-8,11-14H,5,9-10H2,1-4H3,(H,32,33). The Labute approximate surface area is 197 Å². The zero-order valence-corrected chi connectivity index (χ0v) is 19.9. The fourth-order valence-corrected chi connectivity index (χ4v) is 4.20. The molecule has 4 rings (SSSR count). The lowest BCUT2D eigenvalue weighted by Crippen LogP contribution is -2.19. The third-order valence-corrected chi connectivity index (χ3v) is 6.34. The van der Waals surface area contributed by atoms with E-state index in [1.54, 1.807) is 0 Å². The zero-order valence-electron chi connectivity index (χ0n) is 19.1. The number of aryl methyl sites for hydroxylation is 3. The second kappa shape index (κ2) is 9.19. The third kappa shape index (κ3) is 4.54. The van der Waals surface area contributed by atoms with Crippen LogP contribution in [0.5, 0.6) is 0 Å². The van der Waals surface area contributed by atoms with Gasteiger partial charge in [0.25, 0.3) is 5.95 Å². The van der Waals surface area contributed by atoms with Crippen LogP contribution in [0.3, 0.4) is 0 Å². The molecule has 1 N–H and O–H groups in total. The topological polar surface area (TPSA) is 84.1 Å². The second-order valence-corrected chi connectivity index (χ2v) is 8.58. The Bertz CT molecular complexity index is 1330. The summed E-state index contributed by atoms with van der Waals surface area (Å²) in [5.74, 6) is -0.0102. The Morgan fingerprint density at radius 3 is 2.52 bits per heavy atom. The number of carbonyl (C=O) groups is 1. The Hall–Kier alpha value is -3.45. The first-order valence-corrected chi connectivity index (χ1v) is 11.2. The number of hydrogen-bond acceptors (Lipinski definition) is 5. The Morgan fingerprint density at radius 2 is 1.88 bits per heavy atom. The molecule has 0 bridgehead atoms. The van der Waals surface area contributed by atoms with Gasteiger partial charge in [0, 0.05) is 30.2 Å². The van der Waals surface area contributed by atoms with E-state index in [-0.39, 0.29) is 5.56 Å². The van der Waals surface area contributed by atoms with E-state index in [1.807, 2.05) is 24.9 Å². The van der Waals surface area contributed by atoms with Gasteiger partial charge in [-0.2, -0.15) is 10.1 Å². The highest BCUT2D eigenvalue weighted by Crippen LogP contribution is 2.31. The van der Waals surface area contributed by atoms with E-state index in [0.717, 1.165) is 36.2 Å². The summed E-state index contributed by atoms with van der Waals surface area (Å²) in [5.41, 5.74) is 5.71. The van der Waals surface area contributed by atoms with Crippen molar-refractivity contribution < 1.29 is 9.90 Å². The smallest absolute Gasteiger partial charge is 0.338 e. The maximum atomic E-state index is 11.2. The highest BCUT2D eigenvalue weighted by atomic mass is 35.5. The number of aromatic nitrogens is 4. The van der Waals surface area contributed by atoms with Crippen LogP contribution in [-0.4, -0.2) is 44.4 Å². The van der Waals surface area contributed by atoms with E-state index < -0.39 is 5.97 Å². The van der Waals surface area contributed by atoms with Crippen LogP contribution in [0.25, 0.3) is 16.9 Å². The number of nitrogens with zero attached hydrogens (tertiary/aromatic N) is 5. The zero-order chi connectivity index (χ0) is 23.7. The van der Waals surface area contributed by atoms with Crippen molar-refractivity contribution in [3.05, 3.63) is 75.6 Å². The van der Waals surface area contributed by atoms with Crippen LogP contribution >= 0.6 is 11.6 Å². The molecule has 0 aliphatic heterocycles. The molecule has 0 aliphatic rings. The van der Waals surface area contributed by atoms with Crippen molar-refractivity contribution >= 4 is 34.3 Å². The van der Waals surface area contributed by atoms with Crippen LogP contribution in [0.15, 0.2) is 42.7 Å². The van der Waals surface area contributed by atoms with Crippen LogP contribution in [0.1, 0.15) is 39.5 Å². The van der Waals surface area contributed by atoms with Gasteiger partial charge in [-0.1, -0.05) is 29.8 Å². The van der Waals surface area contributed by atoms with Gasteiger partial charge in [-0.25, -0.2) is 14.5 Å². The van der Waals surface area contributed by atoms with E-state index in [9.17, 15) is 9.90 Å². The van der Waals surface area contributed by atoms with E-state index in [4.69, 9.17) is 16.6 Å². The van der Waals surface area contributed by atoms with Crippen LogP contribution < -0.4 is 4.90 Å². The van der Waals surface area contributed by atoms with Crippen molar-refractivity contribution in [1.29, 1.82) is 0 Å². The van der Waals surface area contributed by atoms with Crippen LogP contribution in [-0.2, 0) is 12.8 Å².